The topological polar surface area (TPSA) is 73.1 Å². The molecule has 2 heterocycles. The number of pyridine rings is 1. The number of hydrogen-bond acceptors (Lipinski definition) is 3. The Kier molecular flexibility index (Phi) is 6.09. The highest BCUT2D eigenvalue weighted by Crippen LogP contribution is 2.26. The lowest BCUT2D eigenvalue weighted by Gasteiger charge is -2.18. The fraction of sp³-hybridized carbons (Fsp3) is 0.318. The maximum Gasteiger partial charge on any atom is 0.250 e. The fourth-order valence-corrected chi connectivity index (χ4v) is 3.48. The Bertz CT molecular complexity index is 1050. The van der Waals surface area contributed by atoms with E-state index < -0.39 is 6.04 Å². The van der Waals surface area contributed by atoms with Gasteiger partial charge in [-0.05, 0) is 31.9 Å². The minimum Gasteiger partial charge on any atom is -0.354 e. The lowest BCUT2D eigenvalue weighted by Crippen LogP contribution is -2.33. The van der Waals surface area contributed by atoms with Crippen molar-refractivity contribution in [2.45, 2.75) is 39.3 Å². The Hall–Kier alpha value is -3.15. The van der Waals surface area contributed by atoms with E-state index in [2.05, 4.69) is 5.32 Å². The Balaban J connectivity index is 1.70. The molecule has 6 heteroatoms. The predicted octanol–water partition coefficient (Wildman–Crippen LogP) is 3.16. The minimum atomic E-state index is -0.391. The van der Waals surface area contributed by atoms with Gasteiger partial charge in [0.15, 0.2) is 5.78 Å². The molecule has 0 unspecified atom stereocenters. The standard InChI is InChI=1S/C22H25N3O3/c1-3-19(22(28)23-12-8-14-24-13-7-6-11-21(24)27)25-15-18(16(2)26)17-9-4-5-10-20(17)25/h4-7,9-11,13,15,19H,3,8,12,14H2,1-2H3,(H,23,28)/t19-/m1/s1. The minimum absolute atomic E-state index is 0.0153. The molecule has 0 aliphatic carbocycles. The number of benzene rings is 1. The van der Waals surface area contributed by atoms with E-state index in [9.17, 15) is 14.4 Å². The van der Waals surface area contributed by atoms with Crippen LogP contribution in [0.5, 0.6) is 0 Å². The van der Waals surface area contributed by atoms with Crippen molar-refractivity contribution in [2.75, 3.05) is 6.54 Å². The number of ketones is 1. The van der Waals surface area contributed by atoms with Crippen molar-refractivity contribution in [3.63, 3.8) is 0 Å². The van der Waals surface area contributed by atoms with Crippen LogP contribution in [0.2, 0.25) is 0 Å². The first kappa shape index (κ1) is 19.6. The summed E-state index contributed by atoms with van der Waals surface area (Å²) >= 11 is 0. The Morgan fingerprint density at radius 3 is 2.57 bits per heavy atom. The summed E-state index contributed by atoms with van der Waals surface area (Å²) in [5.41, 5.74) is 1.46. The molecule has 0 radical (unpaired) electrons. The van der Waals surface area contributed by atoms with Crippen LogP contribution in [-0.2, 0) is 11.3 Å². The van der Waals surface area contributed by atoms with E-state index in [1.807, 2.05) is 41.8 Å². The number of amides is 1. The number of carbonyl (C=O) groups excluding carboxylic acids is 2. The average molecular weight is 379 g/mol. The SMILES string of the molecule is CC[C@H](C(=O)NCCCn1ccccc1=O)n1cc(C(C)=O)c2ccccc21. The van der Waals surface area contributed by atoms with E-state index in [1.54, 1.807) is 30.0 Å². The molecule has 0 aliphatic heterocycles. The average Bonchev–Trinajstić information content (AvgIpc) is 3.07. The summed E-state index contributed by atoms with van der Waals surface area (Å²) < 4.78 is 3.52. The number of rotatable bonds is 8. The molecule has 3 rings (SSSR count). The van der Waals surface area contributed by atoms with E-state index in [0.717, 1.165) is 10.9 Å². The zero-order valence-corrected chi connectivity index (χ0v) is 16.2. The van der Waals surface area contributed by atoms with Crippen molar-refractivity contribution in [1.82, 2.24) is 14.5 Å². The quantitative estimate of drug-likeness (QED) is 0.483. The maximum absolute atomic E-state index is 12.8. The summed E-state index contributed by atoms with van der Waals surface area (Å²) in [5, 5.41) is 3.83. The highest BCUT2D eigenvalue weighted by molar-refractivity contribution is 6.07. The first-order valence-electron chi connectivity index (χ1n) is 9.56. The summed E-state index contributed by atoms with van der Waals surface area (Å²) in [6.07, 6.45) is 4.80. The van der Waals surface area contributed by atoms with Gasteiger partial charge in [0, 0.05) is 48.0 Å². The maximum atomic E-state index is 12.8. The Labute approximate surface area is 163 Å². The second-order valence-corrected chi connectivity index (χ2v) is 6.82. The molecule has 0 spiro atoms. The number of Topliss-reactive ketones (excluding diaryl/α,β-unsaturated/α-hetero) is 1. The van der Waals surface area contributed by atoms with Gasteiger partial charge in [0.1, 0.15) is 6.04 Å². The van der Waals surface area contributed by atoms with E-state index in [1.165, 1.54) is 6.07 Å². The molecule has 1 aromatic carbocycles. The number of para-hydroxylation sites is 1. The molecule has 1 amide bonds. The molecular weight excluding hydrogens is 354 g/mol. The lowest BCUT2D eigenvalue weighted by molar-refractivity contribution is -0.124. The highest BCUT2D eigenvalue weighted by Gasteiger charge is 2.22. The third-order valence-electron chi connectivity index (χ3n) is 4.92. The normalized spacial score (nSPS) is 12.1. The first-order chi connectivity index (χ1) is 13.5. The molecule has 0 fully saturated rings. The number of aryl methyl sites for hydroxylation is 1. The van der Waals surface area contributed by atoms with Crippen LogP contribution in [0.3, 0.4) is 0 Å². The number of hydrogen-bond donors (Lipinski definition) is 1. The monoisotopic (exact) mass is 379 g/mol. The van der Waals surface area contributed by atoms with Crippen molar-refractivity contribution in [2.24, 2.45) is 0 Å². The van der Waals surface area contributed by atoms with Crippen LogP contribution in [-0.4, -0.2) is 27.4 Å². The smallest absolute Gasteiger partial charge is 0.250 e. The van der Waals surface area contributed by atoms with Crippen LogP contribution in [0.4, 0.5) is 0 Å². The Morgan fingerprint density at radius 2 is 1.86 bits per heavy atom. The van der Waals surface area contributed by atoms with Gasteiger partial charge in [0.25, 0.3) is 0 Å². The molecule has 0 saturated carbocycles. The van der Waals surface area contributed by atoms with Gasteiger partial charge >= 0.3 is 0 Å². The van der Waals surface area contributed by atoms with Crippen LogP contribution >= 0.6 is 0 Å². The van der Waals surface area contributed by atoms with Crippen molar-refractivity contribution in [3.8, 4) is 0 Å². The largest absolute Gasteiger partial charge is 0.354 e. The van der Waals surface area contributed by atoms with Gasteiger partial charge in [0.05, 0.1) is 0 Å². The highest BCUT2D eigenvalue weighted by atomic mass is 16.2. The van der Waals surface area contributed by atoms with Gasteiger partial charge in [-0.15, -0.1) is 0 Å². The van der Waals surface area contributed by atoms with Crippen molar-refractivity contribution in [1.29, 1.82) is 0 Å². The molecule has 1 atom stereocenters. The molecule has 0 aliphatic rings. The summed E-state index contributed by atoms with van der Waals surface area (Å²) in [7, 11) is 0. The number of nitrogens with one attached hydrogen (secondary N) is 1. The van der Waals surface area contributed by atoms with Gasteiger partial charge in [0.2, 0.25) is 11.5 Å². The molecule has 2 aromatic heterocycles. The molecule has 1 N–H and O–H groups in total. The zero-order chi connectivity index (χ0) is 20.1. The number of carbonyl (C=O) groups is 2. The van der Waals surface area contributed by atoms with Crippen LogP contribution in [0.25, 0.3) is 10.9 Å². The first-order valence-corrected chi connectivity index (χ1v) is 9.56. The number of nitrogens with zero attached hydrogens (tertiary/aromatic N) is 2. The van der Waals surface area contributed by atoms with Crippen LogP contribution in [0, 0.1) is 0 Å². The molecule has 0 saturated heterocycles. The van der Waals surface area contributed by atoms with Crippen molar-refractivity contribution < 1.29 is 9.59 Å². The van der Waals surface area contributed by atoms with Gasteiger partial charge < -0.3 is 14.5 Å². The summed E-state index contributed by atoms with van der Waals surface area (Å²) in [6.45, 7) is 4.53. The summed E-state index contributed by atoms with van der Waals surface area (Å²) in [6, 6.07) is 12.3. The lowest BCUT2D eigenvalue weighted by atomic mass is 10.1. The molecular formula is C22H25N3O3. The van der Waals surface area contributed by atoms with Gasteiger partial charge in [-0.2, -0.15) is 0 Å². The third kappa shape index (κ3) is 4.06. The van der Waals surface area contributed by atoms with Crippen LogP contribution in [0.15, 0.2) is 59.7 Å². The van der Waals surface area contributed by atoms with Crippen LogP contribution in [0.1, 0.15) is 43.1 Å². The number of aromatic nitrogens is 2. The molecule has 146 valence electrons. The van der Waals surface area contributed by atoms with Crippen molar-refractivity contribution >= 4 is 22.6 Å². The van der Waals surface area contributed by atoms with E-state index in [4.69, 9.17) is 0 Å². The molecule has 6 nitrogen and oxygen atoms in total. The van der Waals surface area contributed by atoms with Gasteiger partial charge in [-0.1, -0.05) is 31.2 Å². The second-order valence-electron chi connectivity index (χ2n) is 6.82. The van der Waals surface area contributed by atoms with E-state index in [0.29, 0.717) is 31.5 Å². The molecule has 28 heavy (non-hydrogen) atoms. The Morgan fingerprint density at radius 1 is 1.11 bits per heavy atom. The second kappa shape index (κ2) is 8.69. The summed E-state index contributed by atoms with van der Waals surface area (Å²) in [4.78, 5) is 36.5. The number of fused-ring (bicyclic) bond motifs is 1. The predicted molar refractivity (Wildman–Crippen MR) is 110 cm³/mol. The van der Waals surface area contributed by atoms with Crippen molar-refractivity contribution in [3.05, 3.63) is 70.8 Å². The zero-order valence-electron chi connectivity index (χ0n) is 16.2. The summed E-state index contributed by atoms with van der Waals surface area (Å²) in [5.74, 6) is -0.0997. The van der Waals surface area contributed by atoms with Gasteiger partial charge in [-0.25, -0.2) is 0 Å². The van der Waals surface area contributed by atoms with E-state index in [-0.39, 0.29) is 17.2 Å². The molecule has 0 bridgehead atoms. The van der Waals surface area contributed by atoms with Crippen LogP contribution < -0.4 is 10.9 Å². The van der Waals surface area contributed by atoms with Gasteiger partial charge in [-0.3, -0.25) is 14.4 Å². The van der Waals surface area contributed by atoms with E-state index >= 15 is 0 Å². The third-order valence-corrected chi connectivity index (χ3v) is 4.92. The fourth-order valence-electron chi connectivity index (χ4n) is 3.48. The molecule has 3 aromatic rings.